The summed E-state index contributed by atoms with van der Waals surface area (Å²) in [5.74, 6) is 1.34. The minimum atomic E-state index is -1.75. The van der Waals surface area contributed by atoms with Crippen molar-refractivity contribution in [1.29, 1.82) is 0 Å². The minimum Gasteiger partial charge on any atom is -0.490 e. The van der Waals surface area contributed by atoms with Crippen molar-refractivity contribution in [1.82, 2.24) is 4.98 Å². The Morgan fingerprint density at radius 3 is 2.33 bits per heavy atom. The second kappa shape index (κ2) is 11.9. The number of imidazole rings is 1. The molecule has 11 heteroatoms. The molecule has 0 unspecified atom stereocenters. The van der Waals surface area contributed by atoms with Crippen molar-refractivity contribution >= 4 is 46.8 Å². The van der Waals surface area contributed by atoms with E-state index in [-0.39, 0.29) is 0 Å². The van der Waals surface area contributed by atoms with Crippen LogP contribution in [-0.4, -0.2) is 23.3 Å². The maximum Gasteiger partial charge on any atom is 0.246 e. The Balaban J connectivity index is 0.000000735. The van der Waals surface area contributed by atoms with Gasteiger partial charge >= 0.3 is 0 Å². The molecule has 0 aliphatic carbocycles. The highest BCUT2D eigenvalue weighted by molar-refractivity contribution is 6.35. The first-order valence-corrected chi connectivity index (χ1v) is 9.52. The number of aromatic amines is 1. The van der Waals surface area contributed by atoms with Gasteiger partial charge in [-0.2, -0.15) is 0 Å². The van der Waals surface area contributed by atoms with Crippen LogP contribution in [0.2, 0.25) is 15.1 Å². The smallest absolute Gasteiger partial charge is 0.246 e. The molecule has 158 valence electrons. The Hall–Kier alpha value is -2.94. The van der Waals surface area contributed by atoms with Crippen LogP contribution in [0.1, 0.15) is 5.56 Å². The van der Waals surface area contributed by atoms with Crippen LogP contribution in [0.15, 0.2) is 61.2 Å². The zero-order chi connectivity index (χ0) is 21.9. The van der Waals surface area contributed by atoms with E-state index in [2.05, 4.69) is 4.98 Å². The van der Waals surface area contributed by atoms with Crippen LogP contribution in [0, 0.1) is 15.3 Å². The Kier molecular flexibility index (Phi) is 9.27. The maximum atomic E-state index is 8.25. The third kappa shape index (κ3) is 8.20. The van der Waals surface area contributed by atoms with Crippen LogP contribution in [0.25, 0.3) is 12.0 Å². The second-order valence-electron chi connectivity index (χ2n) is 5.55. The minimum absolute atomic E-state index is 0.346. The molecule has 1 aromatic heterocycles. The monoisotopic (exact) mass is 471 g/mol. The second-order valence-corrected chi connectivity index (χ2v) is 6.83. The van der Waals surface area contributed by atoms with E-state index in [1.165, 1.54) is 0 Å². The van der Waals surface area contributed by atoms with E-state index in [4.69, 9.17) is 59.6 Å². The summed E-state index contributed by atoms with van der Waals surface area (Å²) in [5.41, 5.74) is 0.747. The summed E-state index contributed by atoms with van der Waals surface area (Å²) < 4.78 is 13.4. The number of H-pyrrole nitrogens is 1. The van der Waals surface area contributed by atoms with Gasteiger partial charge in [-0.25, -0.2) is 9.55 Å². The summed E-state index contributed by atoms with van der Waals surface area (Å²) in [6, 6.07) is 12.4. The summed E-state index contributed by atoms with van der Waals surface area (Å²) in [7, 11) is 0. The number of halogens is 3. The molecule has 0 atom stereocenters. The maximum absolute atomic E-state index is 8.25. The van der Waals surface area contributed by atoms with E-state index < -0.39 is 5.09 Å². The Labute approximate surface area is 186 Å². The van der Waals surface area contributed by atoms with Crippen LogP contribution in [0.4, 0.5) is 0 Å². The molecule has 0 aliphatic heterocycles. The molecule has 2 aromatic carbocycles. The van der Waals surface area contributed by atoms with E-state index in [0.29, 0.717) is 34.0 Å². The molecule has 0 saturated heterocycles. The highest BCUT2D eigenvalue weighted by Gasteiger charge is 2.11. The van der Waals surface area contributed by atoms with Crippen molar-refractivity contribution in [2.45, 2.75) is 0 Å². The van der Waals surface area contributed by atoms with Crippen LogP contribution in [0.3, 0.4) is 0 Å². The summed E-state index contributed by atoms with van der Waals surface area (Å²) in [6.45, 7) is 0.723. The molecule has 30 heavy (non-hydrogen) atoms. The first-order chi connectivity index (χ1) is 14.3. The fraction of sp³-hybridized carbons (Fsp3) is 0.105. The van der Waals surface area contributed by atoms with Gasteiger partial charge in [-0.05, 0) is 42.5 Å². The lowest BCUT2D eigenvalue weighted by atomic mass is 10.2. The quantitative estimate of drug-likeness (QED) is 0.170. The third-order valence-corrected chi connectivity index (χ3v) is 4.25. The number of nitrogens with one attached hydrogen (secondary N) is 1. The number of hydrogen-bond donors (Lipinski definition) is 1. The topological polar surface area (TPSA) is 104 Å². The highest BCUT2D eigenvalue weighted by atomic mass is 35.5. The Bertz CT molecular complexity index is 976. The van der Waals surface area contributed by atoms with Crippen LogP contribution in [-0.2, 0) is 4.74 Å². The lowest BCUT2D eigenvalue weighted by Crippen LogP contribution is -2.22. The lowest BCUT2D eigenvalue weighted by molar-refractivity contribution is -0.566. The van der Waals surface area contributed by atoms with Gasteiger partial charge in [0, 0.05) is 15.6 Å². The first-order valence-electron chi connectivity index (χ1n) is 8.38. The molecule has 0 fully saturated rings. The molecule has 0 amide bonds. The normalized spacial score (nSPS) is 10.7. The summed E-state index contributed by atoms with van der Waals surface area (Å²) in [4.78, 5) is 11.2. The molecule has 0 aliphatic rings. The van der Waals surface area contributed by atoms with Gasteiger partial charge < -0.3 is 24.8 Å². The van der Waals surface area contributed by atoms with Gasteiger partial charge in [0.2, 0.25) is 6.33 Å². The number of hydrogen-bond acceptors (Lipinski definition) is 5. The standard InChI is InChI=1S/C19H15Cl3N2O2.NO3/c20-14-1-4-16(5-2-14)25-9-10-26-19(12-24-8-7-23-13-24)17-6-3-15(21)11-18(17)22;2-1(3)4/h1-8,11-13H,9-10H2;/q;-1/p+1/b19-12+;. The zero-order valence-electron chi connectivity index (χ0n) is 15.3. The van der Waals surface area contributed by atoms with Gasteiger partial charge in [0.25, 0.3) is 0 Å². The van der Waals surface area contributed by atoms with Crippen molar-refractivity contribution in [3.8, 4) is 5.75 Å². The molecule has 8 nitrogen and oxygen atoms in total. The number of aromatic nitrogens is 2. The average Bonchev–Trinajstić information content (AvgIpc) is 3.19. The number of rotatable bonds is 7. The van der Waals surface area contributed by atoms with Crippen molar-refractivity contribution in [3.05, 3.63) is 97.1 Å². The number of benzene rings is 2. The van der Waals surface area contributed by atoms with Gasteiger partial charge in [0.15, 0.2) is 5.76 Å². The molecule has 0 saturated carbocycles. The van der Waals surface area contributed by atoms with Crippen molar-refractivity contribution in [3.63, 3.8) is 0 Å². The van der Waals surface area contributed by atoms with E-state index in [1.807, 2.05) is 35.2 Å². The van der Waals surface area contributed by atoms with Gasteiger partial charge in [-0.1, -0.05) is 34.8 Å². The molecule has 1 N–H and O–H groups in total. The fourth-order valence-electron chi connectivity index (χ4n) is 2.23. The zero-order valence-corrected chi connectivity index (χ0v) is 17.6. The van der Waals surface area contributed by atoms with Crippen molar-refractivity contribution in [2.75, 3.05) is 13.2 Å². The Morgan fingerprint density at radius 1 is 1.07 bits per heavy atom. The summed E-state index contributed by atoms with van der Waals surface area (Å²) in [6.07, 6.45) is 7.28. The van der Waals surface area contributed by atoms with Gasteiger partial charge in [-0.15, -0.1) is 0 Å². The van der Waals surface area contributed by atoms with Gasteiger partial charge in [0.05, 0.1) is 10.1 Å². The van der Waals surface area contributed by atoms with Crippen LogP contribution in [0.5, 0.6) is 5.75 Å². The largest absolute Gasteiger partial charge is 0.490 e. The molecule has 3 aromatic rings. The van der Waals surface area contributed by atoms with Gasteiger partial charge in [0.1, 0.15) is 37.6 Å². The van der Waals surface area contributed by atoms with Crippen molar-refractivity contribution < 1.29 is 19.1 Å². The van der Waals surface area contributed by atoms with E-state index in [0.717, 1.165) is 11.3 Å². The molecule has 3 rings (SSSR count). The van der Waals surface area contributed by atoms with E-state index >= 15 is 0 Å². The predicted octanol–water partition coefficient (Wildman–Crippen LogP) is 5.07. The summed E-state index contributed by atoms with van der Waals surface area (Å²) in [5, 5.41) is 16.5. The SMILES string of the molecule is Clc1ccc(OCCO/C(=C/[n+]2cc[nH]c2)c2ccc(Cl)cc2Cl)cc1.O=[N+]([O-])[O-]. The number of nitrogens with zero attached hydrogens (tertiary/aromatic N) is 2. The van der Waals surface area contributed by atoms with Crippen LogP contribution < -0.4 is 9.30 Å². The molecule has 0 bridgehead atoms. The molecular weight excluding hydrogens is 457 g/mol. The highest BCUT2D eigenvalue weighted by Crippen LogP contribution is 2.27. The first kappa shape index (κ1) is 23.3. The van der Waals surface area contributed by atoms with E-state index in [9.17, 15) is 0 Å². The molecular formula is C19H16Cl3N3O5. The van der Waals surface area contributed by atoms with Crippen LogP contribution >= 0.6 is 34.8 Å². The van der Waals surface area contributed by atoms with Crippen molar-refractivity contribution in [2.24, 2.45) is 0 Å². The average molecular weight is 473 g/mol. The Morgan fingerprint density at radius 2 is 1.73 bits per heavy atom. The predicted molar refractivity (Wildman–Crippen MR) is 115 cm³/mol. The molecule has 0 radical (unpaired) electrons. The van der Waals surface area contributed by atoms with Gasteiger partial charge in [-0.3, -0.25) is 0 Å². The molecule has 1 heterocycles. The summed E-state index contributed by atoms with van der Waals surface area (Å²) >= 11 is 18.2. The fourth-order valence-corrected chi connectivity index (χ4v) is 2.86. The number of ether oxygens (including phenoxy) is 2. The van der Waals surface area contributed by atoms with E-state index in [1.54, 1.807) is 36.8 Å². The lowest BCUT2D eigenvalue weighted by Gasteiger charge is -2.12. The third-order valence-electron chi connectivity index (χ3n) is 3.45. The molecule has 0 spiro atoms.